The highest BCUT2D eigenvalue weighted by atomic mass is 35.5. The lowest BCUT2D eigenvalue weighted by Crippen LogP contribution is -2.19. The Labute approximate surface area is 133 Å². The summed E-state index contributed by atoms with van der Waals surface area (Å²) >= 11 is 6.09. The highest BCUT2D eigenvalue weighted by Gasteiger charge is 2.25. The van der Waals surface area contributed by atoms with E-state index in [1.165, 1.54) is 6.07 Å². The average Bonchev–Trinajstić information content (AvgIpc) is 2.84. The first-order valence-corrected chi connectivity index (χ1v) is 7.83. The Morgan fingerprint density at radius 2 is 2.36 bits per heavy atom. The molecule has 0 bridgehead atoms. The first-order valence-electron chi connectivity index (χ1n) is 7.46. The molecule has 22 heavy (non-hydrogen) atoms. The van der Waals surface area contributed by atoms with Gasteiger partial charge in [-0.05, 0) is 39.2 Å². The van der Waals surface area contributed by atoms with Crippen LogP contribution in [0.4, 0.5) is 0 Å². The molecule has 1 saturated heterocycles. The Bertz CT molecular complexity index is 708. The molecule has 1 fully saturated rings. The molecule has 0 aliphatic carbocycles. The van der Waals surface area contributed by atoms with E-state index < -0.39 is 5.97 Å². The van der Waals surface area contributed by atoms with Crippen LogP contribution >= 0.6 is 11.6 Å². The first kappa shape index (κ1) is 15.2. The van der Waals surface area contributed by atoms with Gasteiger partial charge in [0.05, 0.1) is 23.3 Å². The van der Waals surface area contributed by atoms with E-state index >= 15 is 0 Å². The summed E-state index contributed by atoms with van der Waals surface area (Å²) in [6.07, 6.45) is 2.85. The van der Waals surface area contributed by atoms with E-state index in [2.05, 4.69) is 10.1 Å². The van der Waals surface area contributed by atoms with Crippen LogP contribution in [0.15, 0.2) is 6.07 Å². The molecule has 1 aliphatic rings. The van der Waals surface area contributed by atoms with Gasteiger partial charge in [-0.25, -0.2) is 14.5 Å². The molecular weight excluding hydrogens is 306 g/mol. The highest BCUT2D eigenvalue weighted by Crippen LogP contribution is 2.30. The molecule has 118 valence electrons. The summed E-state index contributed by atoms with van der Waals surface area (Å²) < 4.78 is 12.6. The van der Waals surface area contributed by atoms with Crippen molar-refractivity contribution < 1.29 is 14.3 Å². The average molecular weight is 324 g/mol. The van der Waals surface area contributed by atoms with Crippen molar-refractivity contribution in [1.29, 1.82) is 0 Å². The maximum Gasteiger partial charge on any atom is 0.339 e. The highest BCUT2D eigenvalue weighted by molar-refractivity contribution is 6.30. The predicted molar refractivity (Wildman–Crippen MR) is 82.1 cm³/mol. The minimum Gasteiger partial charge on any atom is -0.462 e. The lowest BCUT2D eigenvalue weighted by molar-refractivity contribution is -0.0371. The van der Waals surface area contributed by atoms with Crippen molar-refractivity contribution >= 4 is 28.6 Å². The fourth-order valence-electron chi connectivity index (χ4n) is 2.77. The number of fused-ring (bicyclic) bond motifs is 1. The van der Waals surface area contributed by atoms with Crippen LogP contribution in [-0.2, 0) is 9.47 Å². The minimum absolute atomic E-state index is 0.161. The fraction of sp³-hybridized carbons (Fsp3) is 0.533. The summed E-state index contributed by atoms with van der Waals surface area (Å²) in [6, 6.07) is 1.53. The van der Waals surface area contributed by atoms with Crippen molar-refractivity contribution in [1.82, 2.24) is 14.8 Å². The largest absolute Gasteiger partial charge is 0.462 e. The number of carbonyl (C=O) groups is 1. The third-order valence-corrected chi connectivity index (χ3v) is 3.92. The first-order chi connectivity index (χ1) is 10.6. The Balaban J connectivity index is 2.14. The number of hydrogen-bond acceptors (Lipinski definition) is 5. The molecule has 6 nitrogen and oxygen atoms in total. The monoisotopic (exact) mass is 323 g/mol. The SMILES string of the molecule is CCOC(=O)c1cc(Cl)nc2c1c(C)nn2C1CCCCO1. The van der Waals surface area contributed by atoms with E-state index in [1.54, 1.807) is 11.6 Å². The van der Waals surface area contributed by atoms with Crippen LogP contribution in [0.1, 0.15) is 48.5 Å². The van der Waals surface area contributed by atoms with Gasteiger partial charge in [-0.2, -0.15) is 5.10 Å². The van der Waals surface area contributed by atoms with Crippen LogP contribution in [0.5, 0.6) is 0 Å². The van der Waals surface area contributed by atoms with E-state index in [-0.39, 0.29) is 11.4 Å². The summed E-state index contributed by atoms with van der Waals surface area (Å²) in [5, 5.41) is 5.44. The molecule has 3 heterocycles. The molecule has 3 rings (SSSR count). The van der Waals surface area contributed by atoms with Gasteiger partial charge in [0.1, 0.15) is 5.15 Å². The number of esters is 1. The van der Waals surface area contributed by atoms with Crippen molar-refractivity contribution in [3.05, 3.63) is 22.5 Å². The standard InChI is InChI=1S/C15H18ClN3O3/c1-3-21-15(20)10-8-11(16)17-14-13(10)9(2)18-19(14)12-6-4-5-7-22-12/h8,12H,3-7H2,1-2H3. The fourth-order valence-corrected chi connectivity index (χ4v) is 2.96. The van der Waals surface area contributed by atoms with E-state index in [0.717, 1.165) is 25.0 Å². The Morgan fingerprint density at radius 1 is 1.55 bits per heavy atom. The molecule has 2 aromatic heterocycles. The van der Waals surface area contributed by atoms with Crippen LogP contribution in [0, 0.1) is 6.92 Å². The van der Waals surface area contributed by atoms with Gasteiger partial charge in [-0.3, -0.25) is 0 Å². The molecule has 2 aromatic rings. The van der Waals surface area contributed by atoms with Crippen LogP contribution < -0.4 is 0 Å². The van der Waals surface area contributed by atoms with Crippen molar-refractivity contribution in [2.45, 2.75) is 39.3 Å². The molecule has 0 aromatic carbocycles. The smallest absolute Gasteiger partial charge is 0.339 e. The number of pyridine rings is 1. The predicted octanol–water partition coefficient (Wildman–Crippen LogP) is 3.27. The van der Waals surface area contributed by atoms with Gasteiger partial charge in [0.25, 0.3) is 0 Å². The second kappa shape index (κ2) is 6.22. The van der Waals surface area contributed by atoms with Crippen molar-refractivity contribution in [2.24, 2.45) is 0 Å². The molecule has 0 amide bonds. The molecule has 0 radical (unpaired) electrons. The number of ether oxygens (including phenoxy) is 2. The number of aromatic nitrogens is 3. The van der Waals surface area contributed by atoms with Crippen LogP contribution in [0.3, 0.4) is 0 Å². The number of rotatable bonds is 3. The Hall–Kier alpha value is -1.66. The van der Waals surface area contributed by atoms with Gasteiger partial charge < -0.3 is 9.47 Å². The van der Waals surface area contributed by atoms with Gasteiger partial charge in [0, 0.05) is 6.61 Å². The third-order valence-electron chi connectivity index (χ3n) is 3.73. The second-order valence-electron chi connectivity index (χ2n) is 5.26. The molecule has 7 heteroatoms. The number of nitrogens with zero attached hydrogens (tertiary/aromatic N) is 3. The summed E-state index contributed by atoms with van der Waals surface area (Å²) in [7, 11) is 0. The summed E-state index contributed by atoms with van der Waals surface area (Å²) in [5.74, 6) is -0.413. The van der Waals surface area contributed by atoms with Crippen molar-refractivity contribution in [3.8, 4) is 0 Å². The lowest BCUT2D eigenvalue weighted by Gasteiger charge is -2.23. The second-order valence-corrected chi connectivity index (χ2v) is 5.65. The minimum atomic E-state index is -0.413. The van der Waals surface area contributed by atoms with Gasteiger partial charge in [0.15, 0.2) is 11.9 Å². The summed E-state index contributed by atoms with van der Waals surface area (Å²) in [4.78, 5) is 16.5. The quantitative estimate of drug-likeness (QED) is 0.640. The summed E-state index contributed by atoms with van der Waals surface area (Å²) in [6.45, 7) is 4.62. The lowest BCUT2D eigenvalue weighted by atomic mass is 10.1. The van der Waals surface area contributed by atoms with Crippen molar-refractivity contribution in [2.75, 3.05) is 13.2 Å². The summed E-state index contributed by atoms with van der Waals surface area (Å²) in [5.41, 5.74) is 1.69. The molecule has 0 spiro atoms. The van der Waals surface area contributed by atoms with Crippen LogP contribution in [-0.4, -0.2) is 33.9 Å². The Kier molecular flexibility index (Phi) is 4.31. The van der Waals surface area contributed by atoms with Crippen LogP contribution in [0.25, 0.3) is 11.0 Å². The zero-order chi connectivity index (χ0) is 15.7. The zero-order valence-corrected chi connectivity index (χ0v) is 13.4. The number of halogens is 1. The van der Waals surface area contributed by atoms with Gasteiger partial charge in [-0.15, -0.1) is 0 Å². The topological polar surface area (TPSA) is 66.2 Å². The molecular formula is C15H18ClN3O3. The molecule has 0 N–H and O–H groups in total. The van der Waals surface area contributed by atoms with Crippen LogP contribution in [0.2, 0.25) is 5.15 Å². The third kappa shape index (κ3) is 2.68. The molecule has 1 atom stereocenters. The molecule has 0 saturated carbocycles. The van der Waals surface area contributed by atoms with Crippen molar-refractivity contribution in [3.63, 3.8) is 0 Å². The van der Waals surface area contributed by atoms with Gasteiger partial charge in [-0.1, -0.05) is 11.6 Å². The van der Waals surface area contributed by atoms with E-state index in [9.17, 15) is 4.79 Å². The van der Waals surface area contributed by atoms with E-state index in [1.807, 2.05) is 6.92 Å². The maximum absolute atomic E-state index is 12.2. The molecule has 1 unspecified atom stereocenters. The van der Waals surface area contributed by atoms with E-state index in [4.69, 9.17) is 21.1 Å². The maximum atomic E-state index is 12.2. The number of carbonyl (C=O) groups excluding carboxylic acids is 1. The number of aryl methyl sites for hydroxylation is 1. The zero-order valence-electron chi connectivity index (χ0n) is 12.6. The Morgan fingerprint density at radius 3 is 3.05 bits per heavy atom. The normalized spacial score (nSPS) is 18.6. The van der Waals surface area contributed by atoms with Gasteiger partial charge in [0.2, 0.25) is 0 Å². The van der Waals surface area contributed by atoms with E-state index in [0.29, 0.717) is 29.8 Å². The van der Waals surface area contributed by atoms with Gasteiger partial charge >= 0.3 is 5.97 Å². The molecule has 1 aliphatic heterocycles. The number of hydrogen-bond donors (Lipinski definition) is 0.